The molecule has 0 spiro atoms. The SMILES string of the molecule is COCc1ccccc1Nc1c(N)cccc1Cl. The summed E-state index contributed by atoms with van der Waals surface area (Å²) >= 11 is 6.14. The predicted molar refractivity (Wildman–Crippen MR) is 76.3 cm³/mol. The van der Waals surface area contributed by atoms with E-state index in [1.165, 1.54) is 0 Å². The van der Waals surface area contributed by atoms with E-state index in [1.54, 1.807) is 13.2 Å². The number of nitrogens with one attached hydrogen (secondary N) is 1. The largest absolute Gasteiger partial charge is 0.397 e. The summed E-state index contributed by atoms with van der Waals surface area (Å²) in [6.45, 7) is 0.535. The van der Waals surface area contributed by atoms with E-state index in [0.717, 1.165) is 16.9 Å². The molecule has 0 aliphatic rings. The van der Waals surface area contributed by atoms with Crippen molar-refractivity contribution in [3.05, 3.63) is 53.1 Å². The number of para-hydroxylation sites is 2. The van der Waals surface area contributed by atoms with Crippen molar-refractivity contribution in [1.82, 2.24) is 0 Å². The number of nitrogens with two attached hydrogens (primary N) is 1. The fraction of sp³-hybridized carbons (Fsp3) is 0.143. The van der Waals surface area contributed by atoms with Gasteiger partial charge >= 0.3 is 0 Å². The maximum atomic E-state index is 6.14. The van der Waals surface area contributed by atoms with Crippen LogP contribution in [-0.4, -0.2) is 7.11 Å². The highest BCUT2D eigenvalue weighted by molar-refractivity contribution is 6.34. The van der Waals surface area contributed by atoms with Crippen molar-refractivity contribution < 1.29 is 4.74 Å². The minimum atomic E-state index is 0.535. The Kier molecular flexibility index (Phi) is 4.07. The molecule has 2 rings (SSSR count). The van der Waals surface area contributed by atoms with E-state index >= 15 is 0 Å². The van der Waals surface area contributed by atoms with Crippen molar-refractivity contribution in [2.75, 3.05) is 18.2 Å². The lowest BCUT2D eigenvalue weighted by molar-refractivity contribution is 0.185. The maximum Gasteiger partial charge on any atom is 0.0807 e. The van der Waals surface area contributed by atoms with Crippen LogP contribution in [0.15, 0.2) is 42.5 Å². The zero-order valence-corrected chi connectivity index (χ0v) is 10.9. The van der Waals surface area contributed by atoms with Gasteiger partial charge in [-0.25, -0.2) is 0 Å². The van der Waals surface area contributed by atoms with Crippen molar-refractivity contribution in [1.29, 1.82) is 0 Å². The Balaban J connectivity index is 2.34. The van der Waals surface area contributed by atoms with Gasteiger partial charge in [-0.3, -0.25) is 0 Å². The number of halogens is 1. The Bertz CT molecular complexity index is 523. The minimum Gasteiger partial charge on any atom is -0.397 e. The molecule has 0 heterocycles. The number of hydrogen-bond donors (Lipinski definition) is 2. The molecule has 0 saturated carbocycles. The molecule has 0 unspecified atom stereocenters. The molecule has 18 heavy (non-hydrogen) atoms. The molecular weight excluding hydrogens is 248 g/mol. The summed E-state index contributed by atoms with van der Waals surface area (Å²) in [6, 6.07) is 13.3. The molecule has 0 radical (unpaired) electrons. The van der Waals surface area contributed by atoms with Crippen LogP contribution in [0.1, 0.15) is 5.56 Å². The predicted octanol–water partition coefficient (Wildman–Crippen LogP) is 3.81. The van der Waals surface area contributed by atoms with Crippen LogP contribution in [0.2, 0.25) is 5.02 Å². The molecular formula is C14H15ClN2O. The Labute approximate surface area is 112 Å². The topological polar surface area (TPSA) is 47.3 Å². The maximum absolute atomic E-state index is 6.14. The number of hydrogen-bond acceptors (Lipinski definition) is 3. The van der Waals surface area contributed by atoms with E-state index in [2.05, 4.69) is 5.32 Å². The lowest BCUT2D eigenvalue weighted by Gasteiger charge is -2.14. The molecule has 0 aromatic heterocycles. The van der Waals surface area contributed by atoms with Gasteiger partial charge < -0.3 is 15.8 Å². The summed E-state index contributed by atoms with van der Waals surface area (Å²) in [4.78, 5) is 0. The molecule has 0 atom stereocenters. The average Bonchev–Trinajstić information content (AvgIpc) is 2.36. The van der Waals surface area contributed by atoms with E-state index in [-0.39, 0.29) is 0 Å². The lowest BCUT2D eigenvalue weighted by Crippen LogP contribution is -2.00. The van der Waals surface area contributed by atoms with E-state index in [1.807, 2.05) is 36.4 Å². The van der Waals surface area contributed by atoms with Crippen molar-refractivity contribution in [3.63, 3.8) is 0 Å². The molecule has 0 aliphatic carbocycles. The number of anilines is 3. The third-order valence-corrected chi connectivity index (χ3v) is 2.94. The highest BCUT2D eigenvalue weighted by Gasteiger charge is 2.07. The van der Waals surface area contributed by atoms with Gasteiger partial charge in [0.25, 0.3) is 0 Å². The van der Waals surface area contributed by atoms with Crippen LogP contribution in [0.25, 0.3) is 0 Å². The first-order valence-electron chi connectivity index (χ1n) is 5.60. The Morgan fingerprint density at radius 2 is 1.94 bits per heavy atom. The summed E-state index contributed by atoms with van der Waals surface area (Å²) in [6.07, 6.45) is 0. The zero-order chi connectivity index (χ0) is 13.0. The molecule has 4 heteroatoms. The van der Waals surface area contributed by atoms with E-state index in [0.29, 0.717) is 17.3 Å². The second-order valence-electron chi connectivity index (χ2n) is 3.92. The van der Waals surface area contributed by atoms with Crippen molar-refractivity contribution in [2.45, 2.75) is 6.61 Å². The quantitative estimate of drug-likeness (QED) is 0.824. The highest BCUT2D eigenvalue weighted by atomic mass is 35.5. The van der Waals surface area contributed by atoms with Gasteiger partial charge in [0, 0.05) is 18.4 Å². The number of ether oxygens (including phenoxy) is 1. The van der Waals surface area contributed by atoms with Gasteiger partial charge in [-0.2, -0.15) is 0 Å². The van der Waals surface area contributed by atoms with E-state index in [4.69, 9.17) is 22.1 Å². The summed E-state index contributed by atoms with van der Waals surface area (Å²) in [5.74, 6) is 0. The van der Waals surface area contributed by atoms with Crippen LogP contribution in [0.3, 0.4) is 0 Å². The number of methoxy groups -OCH3 is 1. The van der Waals surface area contributed by atoms with Gasteiger partial charge in [-0.1, -0.05) is 35.9 Å². The molecule has 3 nitrogen and oxygen atoms in total. The van der Waals surface area contributed by atoms with Crippen LogP contribution in [0.5, 0.6) is 0 Å². The monoisotopic (exact) mass is 262 g/mol. The standard InChI is InChI=1S/C14H15ClN2O/c1-18-9-10-5-2-3-8-13(10)17-14-11(15)6-4-7-12(14)16/h2-8,17H,9,16H2,1H3. The second-order valence-corrected chi connectivity index (χ2v) is 4.33. The van der Waals surface area contributed by atoms with Crippen molar-refractivity contribution in [3.8, 4) is 0 Å². The Hall–Kier alpha value is -1.71. The smallest absolute Gasteiger partial charge is 0.0807 e. The van der Waals surface area contributed by atoms with Crippen LogP contribution >= 0.6 is 11.6 Å². The van der Waals surface area contributed by atoms with Gasteiger partial charge in [-0.05, 0) is 18.2 Å². The van der Waals surface area contributed by atoms with Crippen LogP contribution in [-0.2, 0) is 11.3 Å². The van der Waals surface area contributed by atoms with Gasteiger partial charge in [0.1, 0.15) is 0 Å². The third-order valence-electron chi connectivity index (χ3n) is 2.62. The summed E-state index contributed by atoms with van der Waals surface area (Å²) < 4.78 is 5.16. The van der Waals surface area contributed by atoms with Gasteiger partial charge in [0.2, 0.25) is 0 Å². The van der Waals surface area contributed by atoms with Crippen LogP contribution < -0.4 is 11.1 Å². The molecule has 0 aliphatic heterocycles. The number of nitrogen functional groups attached to an aromatic ring is 1. The normalized spacial score (nSPS) is 10.3. The van der Waals surface area contributed by atoms with Crippen molar-refractivity contribution in [2.24, 2.45) is 0 Å². The highest BCUT2D eigenvalue weighted by Crippen LogP contribution is 2.32. The second kappa shape index (κ2) is 5.76. The van der Waals surface area contributed by atoms with E-state index < -0.39 is 0 Å². The summed E-state index contributed by atoms with van der Waals surface area (Å²) in [7, 11) is 1.67. The molecule has 0 saturated heterocycles. The molecule has 0 bridgehead atoms. The molecule has 3 N–H and O–H groups in total. The summed E-state index contributed by atoms with van der Waals surface area (Å²) in [5.41, 5.74) is 9.26. The van der Waals surface area contributed by atoms with Crippen LogP contribution in [0.4, 0.5) is 17.1 Å². The number of benzene rings is 2. The van der Waals surface area contributed by atoms with Crippen molar-refractivity contribution >= 4 is 28.7 Å². The first-order chi connectivity index (χ1) is 8.72. The molecule has 94 valence electrons. The fourth-order valence-electron chi connectivity index (χ4n) is 1.73. The van der Waals surface area contributed by atoms with Crippen LogP contribution in [0, 0.1) is 0 Å². The molecule has 0 fully saturated rings. The Morgan fingerprint density at radius 1 is 1.17 bits per heavy atom. The third kappa shape index (κ3) is 2.75. The van der Waals surface area contributed by atoms with E-state index in [9.17, 15) is 0 Å². The fourth-order valence-corrected chi connectivity index (χ4v) is 1.96. The van der Waals surface area contributed by atoms with Gasteiger partial charge in [0.05, 0.1) is 23.0 Å². The molecule has 2 aromatic rings. The Morgan fingerprint density at radius 3 is 2.67 bits per heavy atom. The summed E-state index contributed by atoms with van der Waals surface area (Å²) in [5, 5.41) is 3.86. The molecule has 2 aromatic carbocycles. The zero-order valence-electron chi connectivity index (χ0n) is 10.1. The number of rotatable bonds is 4. The van der Waals surface area contributed by atoms with Gasteiger partial charge in [0.15, 0.2) is 0 Å². The average molecular weight is 263 g/mol. The molecule has 0 amide bonds. The lowest BCUT2D eigenvalue weighted by atomic mass is 10.1. The first-order valence-corrected chi connectivity index (χ1v) is 5.98. The van der Waals surface area contributed by atoms with Gasteiger partial charge in [-0.15, -0.1) is 0 Å². The minimum absolute atomic E-state index is 0.535. The first kappa shape index (κ1) is 12.7.